The smallest absolute Gasteiger partial charge is 0.238 e. The topological polar surface area (TPSA) is 37.4 Å². The van der Waals surface area contributed by atoms with Crippen molar-refractivity contribution >= 4 is 29.1 Å². The second kappa shape index (κ2) is 6.54. The number of anilines is 1. The van der Waals surface area contributed by atoms with Crippen LogP contribution in [0.2, 0.25) is 5.02 Å². The second-order valence-corrected chi connectivity index (χ2v) is 9.60. The minimum atomic E-state index is -0.363. The Labute approximate surface area is 186 Å². The van der Waals surface area contributed by atoms with Gasteiger partial charge in [0.05, 0.1) is 17.5 Å². The Bertz CT molecular complexity index is 1250. The maximum atomic E-state index is 13.7. The second-order valence-electron chi connectivity index (χ2n) is 9.17. The third kappa shape index (κ3) is 2.47. The molecule has 31 heavy (non-hydrogen) atoms. The van der Waals surface area contributed by atoms with Crippen LogP contribution in [0.5, 0.6) is 0 Å². The van der Waals surface area contributed by atoms with E-state index in [4.69, 9.17) is 11.6 Å². The molecule has 1 heterocycles. The summed E-state index contributed by atoms with van der Waals surface area (Å²) in [7, 11) is 0. The molecule has 2 bridgehead atoms. The molecule has 4 aliphatic rings. The lowest BCUT2D eigenvalue weighted by atomic mass is 9.54. The quantitative estimate of drug-likeness (QED) is 0.480. The zero-order chi connectivity index (χ0) is 21.4. The van der Waals surface area contributed by atoms with Crippen LogP contribution < -0.4 is 4.90 Å². The van der Waals surface area contributed by atoms with Gasteiger partial charge in [-0.05, 0) is 58.0 Å². The first-order valence-electron chi connectivity index (χ1n) is 10.8. The highest BCUT2D eigenvalue weighted by atomic mass is 35.5. The van der Waals surface area contributed by atoms with Crippen molar-refractivity contribution in [1.29, 1.82) is 0 Å². The van der Waals surface area contributed by atoms with Gasteiger partial charge in [0, 0.05) is 16.9 Å². The average Bonchev–Trinajstić information content (AvgIpc) is 3.05. The lowest BCUT2D eigenvalue weighted by Gasteiger charge is -2.46. The van der Waals surface area contributed by atoms with Crippen LogP contribution in [-0.2, 0) is 9.59 Å². The van der Waals surface area contributed by atoms with E-state index in [0.717, 1.165) is 0 Å². The molecule has 0 saturated carbocycles. The highest BCUT2D eigenvalue weighted by Crippen LogP contribution is 2.61. The molecule has 1 fully saturated rings. The lowest BCUT2D eigenvalue weighted by molar-refractivity contribution is -0.122. The molecule has 3 aromatic rings. The van der Waals surface area contributed by atoms with Gasteiger partial charge in [0.1, 0.15) is 0 Å². The van der Waals surface area contributed by atoms with E-state index in [1.807, 2.05) is 12.1 Å². The van der Waals surface area contributed by atoms with Crippen LogP contribution in [0, 0.1) is 11.8 Å². The largest absolute Gasteiger partial charge is 0.274 e. The third-order valence-electron chi connectivity index (χ3n) is 7.31. The van der Waals surface area contributed by atoms with Crippen LogP contribution in [0.15, 0.2) is 66.7 Å². The van der Waals surface area contributed by atoms with Crippen LogP contribution in [0.25, 0.3) is 0 Å². The summed E-state index contributed by atoms with van der Waals surface area (Å²) in [6.07, 6.45) is 0. The van der Waals surface area contributed by atoms with Gasteiger partial charge >= 0.3 is 0 Å². The molecule has 0 spiro atoms. The molecule has 0 aromatic heterocycles. The molecule has 1 aliphatic heterocycles. The number of nitrogens with zero attached hydrogens (tertiary/aromatic N) is 1. The number of hydrogen-bond donors (Lipinski definition) is 0. The highest BCUT2D eigenvalue weighted by molar-refractivity contribution is 6.31. The molecule has 0 N–H and O–H groups in total. The van der Waals surface area contributed by atoms with Crippen molar-refractivity contribution in [3.63, 3.8) is 0 Å². The Hall–Kier alpha value is -2.91. The van der Waals surface area contributed by atoms with E-state index in [0.29, 0.717) is 16.6 Å². The molecule has 4 atom stereocenters. The van der Waals surface area contributed by atoms with E-state index in [-0.39, 0.29) is 35.5 Å². The minimum absolute atomic E-state index is 0.0869. The molecule has 0 radical (unpaired) electrons. The number of carbonyl (C=O) groups excluding carboxylic acids is 2. The van der Waals surface area contributed by atoms with Gasteiger partial charge in [-0.3, -0.25) is 9.59 Å². The molecule has 1 saturated heterocycles. The SMILES string of the molecule is CC(C)c1ccc2c(c1)[C@@H]1c3ccccc3[C@@H]2[C@@H]2C(=O)N(c3ccc(Cl)cc3)C(=O)[C@H]12. The third-order valence-corrected chi connectivity index (χ3v) is 7.57. The molecular weight excluding hydrogens is 406 g/mol. The molecule has 0 unspecified atom stereocenters. The summed E-state index contributed by atoms with van der Waals surface area (Å²) in [6.45, 7) is 4.37. The number of rotatable bonds is 2. The van der Waals surface area contributed by atoms with Crippen molar-refractivity contribution in [3.8, 4) is 0 Å². The van der Waals surface area contributed by atoms with E-state index in [1.165, 1.54) is 32.7 Å². The summed E-state index contributed by atoms with van der Waals surface area (Å²) >= 11 is 6.04. The van der Waals surface area contributed by atoms with Gasteiger partial charge in [-0.2, -0.15) is 0 Å². The minimum Gasteiger partial charge on any atom is -0.274 e. The molecule has 3 nitrogen and oxygen atoms in total. The van der Waals surface area contributed by atoms with Crippen molar-refractivity contribution in [3.05, 3.63) is 99.6 Å². The number of imide groups is 1. The highest BCUT2D eigenvalue weighted by Gasteiger charge is 2.61. The zero-order valence-electron chi connectivity index (χ0n) is 17.4. The predicted octanol–water partition coefficient (Wildman–Crippen LogP) is 5.86. The normalized spacial score (nSPS) is 25.6. The maximum Gasteiger partial charge on any atom is 0.238 e. The molecule has 3 aliphatic carbocycles. The Kier molecular flexibility index (Phi) is 3.97. The Morgan fingerprint density at radius 1 is 0.742 bits per heavy atom. The van der Waals surface area contributed by atoms with E-state index in [1.54, 1.807) is 24.3 Å². The van der Waals surface area contributed by atoms with Crippen molar-refractivity contribution in [2.45, 2.75) is 31.6 Å². The number of halogens is 1. The van der Waals surface area contributed by atoms with Crippen LogP contribution in [0.1, 0.15) is 59.4 Å². The molecule has 154 valence electrons. The first kappa shape index (κ1) is 18.8. The van der Waals surface area contributed by atoms with Crippen LogP contribution in [0.4, 0.5) is 5.69 Å². The summed E-state index contributed by atoms with van der Waals surface area (Å²) in [5.74, 6) is -0.686. The summed E-state index contributed by atoms with van der Waals surface area (Å²) in [6, 6.07) is 22.0. The summed E-state index contributed by atoms with van der Waals surface area (Å²) < 4.78 is 0. The van der Waals surface area contributed by atoms with E-state index >= 15 is 0 Å². The molecular formula is C27H22ClNO2. The van der Waals surface area contributed by atoms with E-state index < -0.39 is 0 Å². The van der Waals surface area contributed by atoms with Gasteiger partial charge in [0.15, 0.2) is 0 Å². The van der Waals surface area contributed by atoms with Gasteiger partial charge in [-0.15, -0.1) is 0 Å². The summed E-state index contributed by atoms with van der Waals surface area (Å²) in [4.78, 5) is 28.8. The molecule has 7 rings (SSSR count). The zero-order valence-corrected chi connectivity index (χ0v) is 18.1. The lowest BCUT2D eigenvalue weighted by Crippen LogP contribution is -2.41. The van der Waals surface area contributed by atoms with Gasteiger partial charge in [0.2, 0.25) is 11.8 Å². The van der Waals surface area contributed by atoms with Crippen LogP contribution in [0.3, 0.4) is 0 Å². The average molecular weight is 428 g/mol. The Morgan fingerprint density at radius 2 is 1.29 bits per heavy atom. The number of hydrogen-bond acceptors (Lipinski definition) is 2. The van der Waals surface area contributed by atoms with Crippen LogP contribution >= 0.6 is 11.6 Å². The summed E-state index contributed by atoms with van der Waals surface area (Å²) in [5.41, 5.74) is 6.68. The number of carbonyl (C=O) groups is 2. The van der Waals surface area contributed by atoms with Gasteiger partial charge in [0.25, 0.3) is 0 Å². The van der Waals surface area contributed by atoms with E-state index in [2.05, 4.69) is 44.2 Å². The monoisotopic (exact) mass is 427 g/mol. The van der Waals surface area contributed by atoms with Gasteiger partial charge in [-0.25, -0.2) is 4.90 Å². The maximum absolute atomic E-state index is 13.7. The first-order chi connectivity index (χ1) is 15.0. The fourth-order valence-corrected chi connectivity index (χ4v) is 6.08. The van der Waals surface area contributed by atoms with Crippen molar-refractivity contribution < 1.29 is 9.59 Å². The van der Waals surface area contributed by atoms with Gasteiger partial charge in [-0.1, -0.05) is 67.9 Å². The van der Waals surface area contributed by atoms with E-state index in [9.17, 15) is 9.59 Å². The number of benzene rings is 3. The fraction of sp³-hybridized carbons (Fsp3) is 0.259. The van der Waals surface area contributed by atoms with Crippen molar-refractivity contribution in [1.82, 2.24) is 0 Å². The van der Waals surface area contributed by atoms with Gasteiger partial charge < -0.3 is 0 Å². The predicted molar refractivity (Wildman–Crippen MR) is 122 cm³/mol. The van der Waals surface area contributed by atoms with Crippen molar-refractivity contribution in [2.75, 3.05) is 4.90 Å². The molecule has 2 amide bonds. The van der Waals surface area contributed by atoms with Crippen LogP contribution in [-0.4, -0.2) is 11.8 Å². The Balaban J connectivity index is 1.56. The first-order valence-corrected chi connectivity index (χ1v) is 11.2. The molecule has 4 heteroatoms. The van der Waals surface area contributed by atoms with Crippen molar-refractivity contribution in [2.24, 2.45) is 11.8 Å². The molecule has 3 aromatic carbocycles. The summed E-state index contributed by atoms with van der Waals surface area (Å²) in [5, 5.41) is 0.585. The fourth-order valence-electron chi connectivity index (χ4n) is 5.95. The number of amides is 2. The standard InChI is InChI=1S/C27H22ClNO2/c1-14(2)15-7-12-20-21(13-15)23-19-6-4-3-5-18(19)22(20)24-25(23)27(31)29(26(24)30)17-10-8-16(28)9-11-17/h3-14,22-25H,1-2H3/t22-,23-,24-,25+/m0/s1. The Morgan fingerprint density at radius 3 is 1.87 bits per heavy atom.